The van der Waals surface area contributed by atoms with Crippen molar-refractivity contribution < 1.29 is 19.8 Å². The van der Waals surface area contributed by atoms with Crippen LogP contribution in [0, 0.1) is 0 Å². The van der Waals surface area contributed by atoms with E-state index < -0.39 is 11.4 Å². The Kier molecular flexibility index (Phi) is 3.33. The monoisotopic (exact) mass is 253 g/mol. The normalized spacial score (nSPS) is 28.4. The molecular formula is C13H19NO4. The molecule has 0 saturated carbocycles. The Hall–Kier alpha value is -1.14. The second-order valence-electron chi connectivity index (χ2n) is 5.09. The van der Waals surface area contributed by atoms with Gasteiger partial charge in [0.05, 0.1) is 13.2 Å². The van der Waals surface area contributed by atoms with Gasteiger partial charge in [0, 0.05) is 6.42 Å². The fourth-order valence-corrected chi connectivity index (χ4v) is 1.93. The predicted octanol–water partition coefficient (Wildman–Crippen LogP) is 1.12. The summed E-state index contributed by atoms with van der Waals surface area (Å²) in [6.07, 6.45) is 0.281. The van der Waals surface area contributed by atoms with E-state index in [1.54, 1.807) is 7.11 Å². The highest BCUT2D eigenvalue weighted by Gasteiger charge is 2.50. The summed E-state index contributed by atoms with van der Waals surface area (Å²) in [6.45, 7) is 3.04. The topological polar surface area (TPSA) is 71.0 Å². The highest BCUT2D eigenvalue weighted by atomic mass is 16.8. The highest BCUT2D eigenvalue weighted by molar-refractivity contribution is 5.29. The number of aliphatic hydroxyl groups is 2. The Labute approximate surface area is 106 Å². The summed E-state index contributed by atoms with van der Waals surface area (Å²) in [5.74, 6) is -0.812. The molecule has 100 valence electrons. The van der Waals surface area contributed by atoms with E-state index in [4.69, 9.17) is 9.57 Å². The number of methoxy groups -OCH3 is 1. The SMILES string of the molecule is COc1ccc([C@H]2C[C@@](O)(C(C)(C)O)ON2)cc1. The van der Waals surface area contributed by atoms with Crippen molar-refractivity contribution in [2.45, 2.75) is 37.7 Å². The van der Waals surface area contributed by atoms with Crippen molar-refractivity contribution in [3.63, 3.8) is 0 Å². The number of nitrogens with one attached hydrogen (secondary N) is 1. The molecule has 0 amide bonds. The van der Waals surface area contributed by atoms with Gasteiger partial charge in [-0.25, -0.2) is 0 Å². The number of benzene rings is 1. The van der Waals surface area contributed by atoms with Gasteiger partial charge in [0.25, 0.3) is 0 Å². The van der Waals surface area contributed by atoms with Crippen LogP contribution in [0.4, 0.5) is 0 Å². The molecule has 1 aromatic rings. The number of rotatable bonds is 3. The lowest BCUT2D eigenvalue weighted by Gasteiger charge is -2.32. The van der Waals surface area contributed by atoms with E-state index in [0.717, 1.165) is 11.3 Å². The van der Waals surface area contributed by atoms with E-state index in [-0.39, 0.29) is 12.5 Å². The molecule has 1 fully saturated rings. The molecule has 3 N–H and O–H groups in total. The summed E-state index contributed by atoms with van der Waals surface area (Å²) in [4.78, 5) is 5.15. The van der Waals surface area contributed by atoms with Gasteiger partial charge in [0.15, 0.2) is 0 Å². The summed E-state index contributed by atoms with van der Waals surface area (Å²) < 4.78 is 5.09. The Morgan fingerprint density at radius 2 is 2.00 bits per heavy atom. The average Bonchev–Trinajstić information content (AvgIpc) is 2.73. The molecule has 1 aliphatic heterocycles. The summed E-state index contributed by atoms with van der Waals surface area (Å²) in [7, 11) is 1.61. The molecular weight excluding hydrogens is 234 g/mol. The lowest BCUT2D eigenvalue weighted by molar-refractivity contribution is -0.284. The van der Waals surface area contributed by atoms with Crippen LogP contribution >= 0.6 is 0 Å². The van der Waals surface area contributed by atoms with Crippen LogP contribution in [0.15, 0.2) is 24.3 Å². The largest absolute Gasteiger partial charge is 0.497 e. The minimum Gasteiger partial charge on any atom is -0.497 e. The zero-order valence-electron chi connectivity index (χ0n) is 10.8. The fourth-order valence-electron chi connectivity index (χ4n) is 1.93. The quantitative estimate of drug-likeness (QED) is 0.753. The van der Waals surface area contributed by atoms with Crippen LogP contribution in [-0.2, 0) is 4.84 Å². The van der Waals surface area contributed by atoms with E-state index >= 15 is 0 Å². The van der Waals surface area contributed by atoms with Gasteiger partial charge in [-0.05, 0) is 31.5 Å². The molecule has 5 nitrogen and oxygen atoms in total. The molecule has 1 heterocycles. The fraction of sp³-hybridized carbons (Fsp3) is 0.538. The van der Waals surface area contributed by atoms with Gasteiger partial charge in [0.2, 0.25) is 5.79 Å². The van der Waals surface area contributed by atoms with E-state index in [9.17, 15) is 10.2 Å². The van der Waals surface area contributed by atoms with Crippen molar-refractivity contribution >= 4 is 0 Å². The van der Waals surface area contributed by atoms with E-state index in [1.807, 2.05) is 24.3 Å². The first-order chi connectivity index (χ1) is 8.36. The van der Waals surface area contributed by atoms with Crippen molar-refractivity contribution in [2.75, 3.05) is 7.11 Å². The maximum atomic E-state index is 10.2. The van der Waals surface area contributed by atoms with Gasteiger partial charge in [-0.3, -0.25) is 4.84 Å². The third-order valence-electron chi connectivity index (χ3n) is 3.32. The zero-order chi connectivity index (χ0) is 13.4. The van der Waals surface area contributed by atoms with E-state index in [0.29, 0.717) is 0 Å². The number of hydrogen-bond donors (Lipinski definition) is 3. The van der Waals surface area contributed by atoms with Crippen LogP contribution in [0.25, 0.3) is 0 Å². The van der Waals surface area contributed by atoms with Gasteiger partial charge in [0.1, 0.15) is 11.4 Å². The van der Waals surface area contributed by atoms with Crippen molar-refractivity contribution in [3.05, 3.63) is 29.8 Å². The van der Waals surface area contributed by atoms with E-state index in [1.165, 1.54) is 13.8 Å². The Bertz CT molecular complexity index is 412. The van der Waals surface area contributed by atoms with Crippen molar-refractivity contribution in [2.24, 2.45) is 0 Å². The Balaban J connectivity index is 2.13. The van der Waals surface area contributed by atoms with E-state index in [2.05, 4.69) is 5.48 Å². The predicted molar refractivity (Wildman–Crippen MR) is 65.8 cm³/mol. The number of hydrogen-bond acceptors (Lipinski definition) is 5. The van der Waals surface area contributed by atoms with Crippen LogP contribution in [0.3, 0.4) is 0 Å². The van der Waals surface area contributed by atoms with Crippen LogP contribution in [0.2, 0.25) is 0 Å². The van der Waals surface area contributed by atoms with Crippen LogP contribution in [0.1, 0.15) is 31.9 Å². The second-order valence-corrected chi connectivity index (χ2v) is 5.09. The molecule has 2 rings (SSSR count). The molecule has 5 heteroatoms. The number of hydroxylamine groups is 1. The van der Waals surface area contributed by atoms with Gasteiger partial charge in [-0.2, -0.15) is 5.48 Å². The summed E-state index contributed by atoms with van der Waals surface area (Å²) >= 11 is 0. The zero-order valence-corrected chi connectivity index (χ0v) is 10.8. The molecule has 1 aromatic carbocycles. The summed E-state index contributed by atoms with van der Waals surface area (Å²) in [5.41, 5.74) is 2.39. The van der Waals surface area contributed by atoms with Crippen LogP contribution in [-0.4, -0.2) is 28.7 Å². The maximum absolute atomic E-state index is 10.2. The minimum atomic E-state index is -1.59. The first-order valence-electron chi connectivity index (χ1n) is 5.88. The summed E-state index contributed by atoms with van der Waals surface area (Å²) in [5, 5.41) is 20.1. The molecule has 1 aliphatic rings. The highest BCUT2D eigenvalue weighted by Crippen LogP contribution is 2.38. The van der Waals surface area contributed by atoms with Crippen molar-refractivity contribution in [1.29, 1.82) is 0 Å². The maximum Gasteiger partial charge on any atom is 0.215 e. The van der Waals surface area contributed by atoms with Gasteiger partial charge < -0.3 is 14.9 Å². The molecule has 0 aromatic heterocycles. The molecule has 18 heavy (non-hydrogen) atoms. The summed E-state index contributed by atoms with van der Waals surface area (Å²) in [6, 6.07) is 7.33. The number of ether oxygens (including phenoxy) is 1. The third-order valence-corrected chi connectivity index (χ3v) is 3.32. The van der Waals surface area contributed by atoms with Gasteiger partial charge >= 0.3 is 0 Å². The van der Waals surface area contributed by atoms with Gasteiger partial charge in [-0.15, -0.1) is 0 Å². The second kappa shape index (κ2) is 4.51. The molecule has 0 bridgehead atoms. The first-order valence-corrected chi connectivity index (χ1v) is 5.88. The first kappa shape index (κ1) is 13.3. The molecule has 0 unspecified atom stereocenters. The van der Waals surface area contributed by atoms with Crippen LogP contribution < -0.4 is 10.2 Å². The molecule has 2 atom stereocenters. The molecule has 1 saturated heterocycles. The standard InChI is InChI=1S/C13H19NO4/c1-12(2,15)13(16)8-11(14-18-13)9-4-6-10(17-3)7-5-9/h4-7,11,14-16H,8H2,1-3H3/t11-,13+/m1/s1. The van der Waals surface area contributed by atoms with Crippen molar-refractivity contribution in [3.8, 4) is 5.75 Å². The minimum absolute atomic E-state index is 0.160. The van der Waals surface area contributed by atoms with Crippen LogP contribution in [0.5, 0.6) is 5.75 Å². The lowest BCUT2D eigenvalue weighted by atomic mass is 9.90. The molecule has 0 spiro atoms. The Morgan fingerprint density at radius 3 is 2.44 bits per heavy atom. The lowest BCUT2D eigenvalue weighted by Crippen LogP contribution is -2.50. The average molecular weight is 253 g/mol. The smallest absolute Gasteiger partial charge is 0.215 e. The third kappa shape index (κ3) is 2.35. The van der Waals surface area contributed by atoms with Gasteiger partial charge in [-0.1, -0.05) is 12.1 Å². The molecule has 0 radical (unpaired) electrons. The molecule has 0 aliphatic carbocycles. The van der Waals surface area contributed by atoms with Crippen molar-refractivity contribution in [1.82, 2.24) is 5.48 Å². The Morgan fingerprint density at radius 1 is 1.39 bits per heavy atom.